The highest BCUT2D eigenvalue weighted by atomic mass is 35.5. The molecule has 0 amide bonds. The lowest BCUT2D eigenvalue weighted by atomic mass is 10.1. The first-order chi connectivity index (χ1) is 9.56. The van der Waals surface area contributed by atoms with Gasteiger partial charge in [0.15, 0.2) is 0 Å². The van der Waals surface area contributed by atoms with E-state index in [1.807, 2.05) is 31.2 Å². The second-order valence-electron chi connectivity index (χ2n) is 4.54. The van der Waals surface area contributed by atoms with Gasteiger partial charge in [0.05, 0.1) is 6.42 Å². The van der Waals surface area contributed by atoms with Gasteiger partial charge in [0.25, 0.3) is 0 Å². The van der Waals surface area contributed by atoms with E-state index in [0.717, 1.165) is 22.4 Å². The standard InChI is InChI=1S/C16H15ClO3/c1-11-8-14(6-7-15(11)17)20-10-13-5-3-2-4-12(13)9-16(18)19/h2-8H,9-10H2,1H3,(H,18,19). The maximum atomic E-state index is 10.8. The Morgan fingerprint density at radius 1 is 1.20 bits per heavy atom. The summed E-state index contributed by atoms with van der Waals surface area (Å²) in [4.78, 5) is 10.8. The maximum absolute atomic E-state index is 10.8. The number of hydrogen-bond donors (Lipinski definition) is 1. The van der Waals surface area contributed by atoms with Crippen LogP contribution >= 0.6 is 11.6 Å². The number of hydrogen-bond acceptors (Lipinski definition) is 2. The fourth-order valence-electron chi connectivity index (χ4n) is 1.90. The molecule has 0 radical (unpaired) electrons. The number of ether oxygens (including phenoxy) is 1. The molecule has 0 bridgehead atoms. The van der Waals surface area contributed by atoms with E-state index in [2.05, 4.69) is 0 Å². The molecular formula is C16H15ClO3. The number of carboxylic acid groups (broad SMARTS) is 1. The van der Waals surface area contributed by atoms with Crippen LogP contribution in [0.1, 0.15) is 16.7 Å². The Hall–Kier alpha value is -2.00. The molecule has 0 aliphatic carbocycles. The first kappa shape index (κ1) is 14.4. The second-order valence-corrected chi connectivity index (χ2v) is 4.95. The second kappa shape index (κ2) is 6.44. The monoisotopic (exact) mass is 290 g/mol. The molecule has 0 unspecified atom stereocenters. The summed E-state index contributed by atoms with van der Waals surface area (Å²) in [5.41, 5.74) is 2.59. The van der Waals surface area contributed by atoms with Crippen LogP contribution in [0.3, 0.4) is 0 Å². The summed E-state index contributed by atoms with van der Waals surface area (Å²) in [7, 11) is 0. The molecule has 0 saturated heterocycles. The molecule has 20 heavy (non-hydrogen) atoms. The number of benzene rings is 2. The van der Waals surface area contributed by atoms with Crippen molar-refractivity contribution in [3.63, 3.8) is 0 Å². The van der Waals surface area contributed by atoms with Gasteiger partial charge in [-0.2, -0.15) is 0 Å². The van der Waals surface area contributed by atoms with Crippen LogP contribution in [0.4, 0.5) is 0 Å². The molecule has 0 aliphatic rings. The average molecular weight is 291 g/mol. The number of aliphatic carboxylic acids is 1. The summed E-state index contributed by atoms with van der Waals surface area (Å²) in [5, 5.41) is 9.59. The third kappa shape index (κ3) is 3.75. The van der Waals surface area contributed by atoms with E-state index >= 15 is 0 Å². The lowest BCUT2D eigenvalue weighted by Gasteiger charge is -2.10. The zero-order valence-electron chi connectivity index (χ0n) is 11.1. The average Bonchev–Trinajstić information content (AvgIpc) is 2.41. The minimum Gasteiger partial charge on any atom is -0.489 e. The lowest BCUT2D eigenvalue weighted by Crippen LogP contribution is -2.05. The summed E-state index contributed by atoms with van der Waals surface area (Å²) in [6, 6.07) is 12.8. The number of carbonyl (C=O) groups is 1. The van der Waals surface area contributed by atoms with Crippen LogP contribution in [0.5, 0.6) is 5.75 Å². The predicted molar refractivity (Wildman–Crippen MR) is 78.3 cm³/mol. The zero-order valence-corrected chi connectivity index (χ0v) is 11.9. The van der Waals surface area contributed by atoms with Crippen molar-refractivity contribution >= 4 is 17.6 Å². The number of halogens is 1. The Bertz CT molecular complexity index is 623. The number of carboxylic acids is 1. The van der Waals surface area contributed by atoms with E-state index in [1.54, 1.807) is 18.2 Å². The molecule has 0 spiro atoms. The number of aryl methyl sites for hydroxylation is 1. The highest BCUT2D eigenvalue weighted by Crippen LogP contribution is 2.22. The van der Waals surface area contributed by atoms with Crippen molar-refractivity contribution in [2.45, 2.75) is 20.0 Å². The molecule has 0 heterocycles. The first-order valence-electron chi connectivity index (χ1n) is 6.24. The Labute approximate surface area is 122 Å². The molecule has 0 atom stereocenters. The van der Waals surface area contributed by atoms with Crippen LogP contribution in [0, 0.1) is 6.92 Å². The highest BCUT2D eigenvalue weighted by molar-refractivity contribution is 6.31. The summed E-state index contributed by atoms with van der Waals surface area (Å²) in [5.74, 6) is -0.128. The molecule has 104 valence electrons. The quantitative estimate of drug-likeness (QED) is 0.909. The van der Waals surface area contributed by atoms with Crippen LogP contribution < -0.4 is 4.74 Å². The van der Waals surface area contributed by atoms with E-state index in [0.29, 0.717) is 11.6 Å². The van der Waals surface area contributed by atoms with Gasteiger partial charge in [0.1, 0.15) is 12.4 Å². The molecule has 2 rings (SSSR count). The van der Waals surface area contributed by atoms with E-state index < -0.39 is 5.97 Å². The summed E-state index contributed by atoms with van der Waals surface area (Å²) in [6.07, 6.45) is -0.000815. The molecule has 0 fully saturated rings. The molecule has 2 aromatic rings. The van der Waals surface area contributed by atoms with Gasteiger partial charge in [-0.1, -0.05) is 35.9 Å². The van der Waals surface area contributed by atoms with Crippen molar-refractivity contribution in [2.75, 3.05) is 0 Å². The molecule has 0 saturated carbocycles. The van der Waals surface area contributed by atoms with Gasteiger partial charge in [0, 0.05) is 5.02 Å². The van der Waals surface area contributed by atoms with Crippen LogP contribution in [0.2, 0.25) is 5.02 Å². The lowest BCUT2D eigenvalue weighted by molar-refractivity contribution is -0.136. The molecule has 2 aromatic carbocycles. The highest BCUT2D eigenvalue weighted by Gasteiger charge is 2.07. The van der Waals surface area contributed by atoms with E-state index in [4.69, 9.17) is 21.4 Å². The normalized spacial score (nSPS) is 10.3. The summed E-state index contributed by atoms with van der Waals surface area (Å²) >= 11 is 5.96. The van der Waals surface area contributed by atoms with E-state index in [-0.39, 0.29) is 6.42 Å². The Morgan fingerprint density at radius 2 is 1.90 bits per heavy atom. The van der Waals surface area contributed by atoms with Gasteiger partial charge >= 0.3 is 5.97 Å². The van der Waals surface area contributed by atoms with E-state index in [9.17, 15) is 4.79 Å². The maximum Gasteiger partial charge on any atom is 0.307 e. The van der Waals surface area contributed by atoms with E-state index in [1.165, 1.54) is 0 Å². The van der Waals surface area contributed by atoms with Crippen molar-refractivity contribution in [2.24, 2.45) is 0 Å². The van der Waals surface area contributed by atoms with Gasteiger partial charge < -0.3 is 9.84 Å². The molecular weight excluding hydrogens is 276 g/mol. The van der Waals surface area contributed by atoms with Crippen molar-refractivity contribution in [3.05, 3.63) is 64.2 Å². The molecule has 1 N–H and O–H groups in total. The van der Waals surface area contributed by atoms with Gasteiger partial charge in [-0.15, -0.1) is 0 Å². The van der Waals surface area contributed by atoms with Crippen LogP contribution in [-0.2, 0) is 17.8 Å². The van der Waals surface area contributed by atoms with Crippen molar-refractivity contribution in [1.82, 2.24) is 0 Å². The SMILES string of the molecule is Cc1cc(OCc2ccccc2CC(=O)O)ccc1Cl. The first-order valence-corrected chi connectivity index (χ1v) is 6.61. The third-order valence-electron chi connectivity index (χ3n) is 2.98. The van der Waals surface area contributed by atoms with Crippen molar-refractivity contribution in [1.29, 1.82) is 0 Å². The minimum atomic E-state index is -0.847. The topological polar surface area (TPSA) is 46.5 Å². The summed E-state index contributed by atoms with van der Waals surface area (Å²) < 4.78 is 5.70. The molecule has 3 nitrogen and oxygen atoms in total. The zero-order chi connectivity index (χ0) is 14.5. The third-order valence-corrected chi connectivity index (χ3v) is 3.41. The van der Waals surface area contributed by atoms with Gasteiger partial charge in [0.2, 0.25) is 0 Å². The van der Waals surface area contributed by atoms with Gasteiger partial charge in [-0.3, -0.25) is 4.79 Å². The molecule has 0 aromatic heterocycles. The Balaban J connectivity index is 2.10. The Morgan fingerprint density at radius 3 is 2.55 bits per heavy atom. The minimum absolute atomic E-state index is 0.000815. The van der Waals surface area contributed by atoms with Gasteiger partial charge in [-0.05, 0) is 41.8 Å². The molecule has 4 heteroatoms. The number of rotatable bonds is 5. The fraction of sp³-hybridized carbons (Fsp3) is 0.188. The van der Waals surface area contributed by atoms with Crippen molar-refractivity contribution < 1.29 is 14.6 Å². The van der Waals surface area contributed by atoms with Crippen LogP contribution in [0.25, 0.3) is 0 Å². The largest absolute Gasteiger partial charge is 0.489 e. The van der Waals surface area contributed by atoms with Crippen LogP contribution in [-0.4, -0.2) is 11.1 Å². The predicted octanol–water partition coefficient (Wildman–Crippen LogP) is 3.85. The smallest absolute Gasteiger partial charge is 0.307 e. The van der Waals surface area contributed by atoms with Crippen molar-refractivity contribution in [3.8, 4) is 5.75 Å². The summed E-state index contributed by atoms with van der Waals surface area (Å²) in [6.45, 7) is 2.25. The molecule has 0 aliphatic heterocycles. The van der Waals surface area contributed by atoms with Gasteiger partial charge in [-0.25, -0.2) is 0 Å². The Kier molecular flexibility index (Phi) is 4.64. The fourth-order valence-corrected chi connectivity index (χ4v) is 2.02. The van der Waals surface area contributed by atoms with Crippen LogP contribution in [0.15, 0.2) is 42.5 Å².